The van der Waals surface area contributed by atoms with E-state index in [1.54, 1.807) is 12.1 Å². The molecule has 30 heavy (non-hydrogen) atoms. The number of benzene rings is 2. The van der Waals surface area contributed by atoms with Gasteiger partial charge in [0.1, 0.15) is 5.75 Å². The molecule has 0 bridgehead atoms. The van der Waals surface area contributed by atoms with Crippen LogP contribution in [0.4, 0.5) is 18.9 Å². The van der Waals surface area contributed by atoms with E-state index in [1.165, 1.54) is 17.0 Å². The van der Waals surface area contributed by atoms with Crippen molar-refractivity contribution in [3.8, 4) is 11.8 Å². The van der Waals surface area contributed by atoms with Gasteiger partial charge < -0.3 is 4.74 Å². The Labute approximate surface area is 179 Å². The molecule has 154 valence electrons. The number of rotatable bonds is 4. The third-order valence-corrected chi connectivity index (χ3v) is 4.78. The lowest BCUT2D eigenvalue weighted by Crippen LogP contribution is -2.39. The molecule has 0 spiro atoms. The number of carbonyl (C=O) groups excluding carboxylic acids is 1. The van der Waals surface area contributed by atoms with Crippen molar-refractivity contribution in [1.82, 2.24) is 0 Å². The van der Waals surface area contributed by atoms with Gasteiger partial charge in [-0.05, 0) is 61.4 Å². The molecule has 0 saturated heterocycles. The molecule has 0 fully saturated rings. The van der Waals surface area contributed by atoms with Crippen molar-refractivity contribution in [3.63, 3.8) is 0 Å². The summed E-state index contributed by atoms with van der Waals surface area (Å²) >= 11 is 3.40. The van der Waals surface area contributed by atoms with Crippen LogP contribution in [-0.2, 0) is 4.79 Å². The predicted molar refractivity (Wildman–Crippen MR) is 109 cm³/mol. The van der Waals surface area contributed by atoms with Crippen molar-refractivity contribution in [3.05, 3.63) is 69.3 Å². The van der Waals surface area contributed by atoms with Crippen LogP contribution in [0.2, 0.25) is 0 Å². The van der Waals surface area contributed by atoms with Crippen LogP contribution in [0.1, 0.15) is 16.7 Å². The van der Waals surface area contributed by atoms with Crippen LogP contribution >= 0.6 is 15.9 Å². The van der Waals surface area contributed by atoms with Gasteiger partial charge in [0.15, 0.2) is 0 Å². The summed E-state index contributed by atoms with van der Waals surface area (Å²) in [6, 6.07) is 11.8. The van der Waals surface area contributed by atoms with Crippen molar-refractivity contribution in [2.75, 3.05) is 4.90 Å². The highest BCUT2D eigenvalue weighted by molar-refractivity contribution is 9.10. The third kappa shape index (κ3) is 4.54. The Morgan fingerprint density at radius 3 is 2.33 bits per heavy atom. The number of allylic oxidation sites excluding steroid dienone is 1. The quantitative estimate of drug-likeness (QED) is 0.606. The smallest absolute Gasteiger partial charge is 0.450 e. The van der Waals surface area contributed by atoms with Crippen LogP contribution in [0.15, 0.2) is 57.6 Å². The number of aliphatic imine (C=N–C) groups is 1. The topological polar surface area (TPSA) is 65.7 Å². The lowest BCUT2D eigenvalue weighted by Gasteiger charge is -2.32. The largest absolute Gasteiger partial charge is 0.454 e. The van der Waals surface area contributed by atoms with Gasteiger partial charge in [-0.2, -0.15) is 18.4 Å². The first-order valence-corrected chi connectivity index (χ1v) is 9.48. The van der Waals surface area contributed by atoms with Gasteiger partial charge in [0.25, 0.3) is 12.1 Å². The summed E-state index contributed by atoms with van der Waals surface area (Å²) in [6.45, 7) is 3.67. The van der Waals surface area contributed by atoms with E-state index >= 15 is 0 Å². The zero-order valence-corrected chi connectivity index (χ0v) is 17.5. The number of Topliss-reactive ketones (excluding diaryl/α,β-unsaturated/α-hetero) is 1. The Balaban J connectivity index is 2.02. The molecule has 1 aliphatic rings. The van der Waals surface area contributed by atoms with E-state index in [1.807, 2.05) is 32.0 Å². The van der Waals surface area contributed by atoms with E-state index in [4.69, 9.17) is 10.00 Å². The first-order chi connectivity index (χ1) is 14.1. The SMILES string of the molecule is Cc1cc(Br)cc(C)c1OC1N=CC(C(=O)C(F)(F)F)=CN1c1ccc(C#N)cc1. The highest BCUT2D eigenvalue weighted by Gasteiger charge is 2.41. The van der Waals surface area contributed by atoms with Gasteiger partial charge in [0, 0.05) is 22.6 Å². The molecule has 0 N–H and O–H groups in total. The fourth-order valence-electron chi connectivity index (χ4n) is 2.93. The second-order valence-electron chi connectivity index (χ2n) is 6.57. The molecule has 5 nitrogen and oxygen atoms in total. The molecule has 9 heteroatoms. The van der Waals surface area contributed by atoms with Crippen molar-refractivity contribution in [1.29, 1.82) is 5.26 Å². The Morgan fingerprint density at radius 1 is 1.20 bits per heavy atom. The average Bonchev–Trinajstić information content (AvgIpc) is 2.69. The monoisotopic (exact) mass is 477 g/mol. The second-order valence-corrected chi connectivity index (χ2v) is 7.48. The summed E-state index contributed by atoms with van der Waals surface area (Å²) in [5.41, 5.74) is 1.79. The number of nitrogens with zero attached hydrogens (tertiary/aromatic N) is 3. The van der Waals surface area contributed by atoms with Crippen molar-refractivity contribution >= 4 is 33.6 Å². The molecule has 2 aromatic carbocycles. The number of alkyl halides is 3. The minimum absolute atomic E-state index is 0.381. The molecule has 0 radical (unpaired) electrons. The lowest BCUT2D eigenvalue weighted by atomic mass is 10.1. The molecule has 1 atom stereocenters. The van der Waals surface area contributed by atoms with E-state index in [2.05, 4.69) is 20.9 Å². The van der Waals surface area contributed by atoms with Gasteiger partial charge in [-0.3, -0.25) is 9.69 Å². The molecule has 1 aliphatic heterocycles. The number of nitriles is 1. The van der Waals surface area contributed by atoms with E-state index in [0.717, 1.165) is 28.0 Å². The van der Waals surface area contributed by atoms with Gasteiger partial charge >= 0.3 is 6.18 Å². The summed E-state index contributed by atoms with van der Waals surface area (Å²) in [5, 5.41) is 8.98. The summed E-state index contributed by atoms with van der Waals surface area (Å²) in [4.78, 5) is 17.1. The summed E-state index contributed by atoms with van der Waals surface area (Å²) < 4.78 is 45.6. The normalized spacial score (nSPS) is 16.1. The molecule has 0 aliphatic carbocycles. The van der Waals surface area contributed by atoms with Crippen LogP contribution in [0.3, 0.4) is 0 Å². The number of aryl methyl sites for hydroxylation is 2. The maximum atomic E-state index is 12.9. The maximum absolute atomic E-state index is 12.9. The van der Waals surface area contributed by atoms with E-state index in [0.29, 0.717) is 17.0 Å². The number of carbonyl (C=O) groups is 1. The zero-order valence-electron chi connectivity index (χ0n) is 15.9. The van der Waals surface area contributed by atoms with E-state index in [-0.39, 0.29) is 0 Å². The van der Waals surface area contributed by atoms with Gasteiger partial charge in [-0.15, -0.1) is 0 Å². The molecule has 1 heterocycles. The number of hydrogen-bond donors (Lipinski definition) is 0. The fraction of sp³-hybridized carbons (Fsp3) is 0.190. The zero-order chi connectivity index (χ0) is 22.1. The molecule has 0 aromatic heterocycles. The molecular weight excluding hydrogens is 463 g/mol. The first kappa shape index (κ1) is 21.6. The Bertz CT molecular complexity index is 1060. The number of halogens is 4. The fourth-order valence-corrected chi connectivity index (χ4v) is 3.62. The summed E-state index contributed by atoms with van der Waals surface area (Å²) in [6.07, 6.45) is -4.15. The van der Waals surface area contributed by atoms with E-state index in [9.17, 15) is 18.0 Å². The van der Waals surface area contributed by atoms with Crippen LogP contribution in [0.25, 0.3) is 0 Å². The first-order valence-electron chi connectivity index (χ1n) is 8.68. The van der Waals surface area contributed by atoms with Gasteiger partial charge in [-0.1, -0.05) is 15.9 Å². The standard InChI is InChI=1S/C21H15BrF3N3O2/c1-12-7-16(22)8-13(2)18(12)30-20-27-10-15(19(29)21(23,24)25)11-28(20)17-5-3-14(9-26)4-6-17/h3-8,10-11,20H,1-2H3. The second kappa shape index (κ2) is 8.32. The van der Waals surface area contributed by atoms with Crippen LogP contribution < -0.4 is 9.64 Å². The van der Waals surface area contributed by atoms with E-state index < -0.39 is 23.9 Å². The van der Waals surface area contributed by atoms with Gasteiger partial charge in [-0.25, -0.2) is 4.99 Å². The van der Waals surface area contributed by atoms with Gasteiger partial charge in [0.2, 0.25) is 0 Å². The lowest BCUT2D eigenvalue weighted by molar-refractivity contribution is -0.165. The molecule has 2 aromatic rings. The van der Waals surface area contributed by atoms with Gasteiger partial charge in [0.05, 0.1) is 17.2 Å². The Hall–Kier alpha value is -3.12. The molecule has 1 unspecified atom stereocenters. The maximum Gasteiger partial charge on any atom is 0.454 e. The average molecular weight is 478 g/mol. The molecule has 3 rings (SSSR count). The molecule has 0 saturated carbocycles. The number of ether oxygens (including phenoxy) is 1. The summed E-state index contributed by atoms with van der Waals surface area (Å²) in [5.74, 6) is -1.47. The minimum atomic E-state index is -5.03. The Morgan fingerprint density at radius 2 is 1.80 bits per heavy atom. The number of anilines is 1. The van der Waals surface area contributed by atoms with Crippen LogP contribution in [-0.4, -0.2) is 24.5 Å². The Kier molecular flexibility index (Phi) is 5.99. The van der Waals surface area contributed by atoms with Crippen LogP contribution in [0, 0.1) is 25.2 Å². The van der Waals surface area contributed by atoms with Crippen molar-refractivity contribution < 1.29 is 22.7 Å². The predicted octanol–water partition coefficient (Wildman–Crippen LogP) is 5.21. The highest BCUT2D eigenvalue weighted by Crippen LogP contribution is 2.32. The summed E-state index contributed by atoms with van der Waals surface area (Å²) in [7, 11) is 0. The third-order valence-electron chi connectivity index (χ3n) is 4.32. The van der Waals surface area contributed by atoms with Crippen molar-refractivity contribution in [2.45, 2.75) is 26.4 Å². The minimum Gasteiger partial charge on any atom is -0.450 e. The van der Waals surface area contributed by atoms with Crippen molar-refractivity contribution in [2.24, 2.45) is 4.99 Å². The number of ketones is 1. The van der Waals surface area contributed by atoms with Crippen LogP contribution in [0.5, 0.6) is 5.75 Å². The molecular formula is C21H15BrF3N3O2. The highest BCUT2D eigenvalue weighted by atomic mass is 79.9. The number of hydrogen-bond acceptors (Lipinski definition) is 5. The molecule has 0 amide bonds.